The van der Waals surface area contributed by atoms with Gasteiger partial charge in [0, 0.05) is 6.04 Å². The molecule has 0 amide bonds. The van der Waals surface area contributed by atoms with Crippen molar-refractivity contribution in [2.45, 2.75) is 66.3 Å². The van der Waals surface area contributed by atoms with Crippen LogP contribution in [0.15, 0.2) is 0 Å². The topological polar surface area (TPSA) is 12.0 Å². The Hall–Kier alpha value is -0.0400. The molecule has 0 aliphatic heterocycles. The molecule has 1 saturated carbocycles. The molecule has 1 fully saturated rings. The fourth-order valence-electron chi connectivity index (χ4n) is 3.52. The van der Waals surface area contributed by atoms with E-state index in [2.05, 4.69) is 47.0 Å². The van der Waals surface area contributed by atoms with E-state index in [1.54, 1.807) is 0 Å². The molecular formula is C15H31N. The van der Waals surface area contributed by atoms with Crippen molar-refractivity contribution in [3.05, 3.63) is 0 Å². The minimum Gasteiger partial charge on any atom is -0.316 e. The van der Waals surface area contributed by atoms with E-state index in [-0.39, 0.29) is 0 Å². The first-order chi connectivity index (χ1) is 7.36. The molecule has 0 aromatic heterocycles. The van der Waals surface area contributed by atoms with Crippen LogP contribution in [0.3, 0.4) is 0 Å². The summed E-state index contributed by atoms with van der Waals surface area (Å²) in [7, 11) is 2.13. The lowest BCUT2D eigenvalue weighted by Crippen LogP contribution is -2.45. The van der Waals surface area contributed by atoms with Gasteiger partial charge >= 0.3 is 0 Å². The van der Waals surface area contributed by atoms with Crippen molar-refractivity contribution < 1.29 is 0 Å². The summed E-state index contributed by atoms with van der Waals surface area (Å²) in [6, 6.07) is 0.681. The van der Waals surface area contributed by atoms with E-state index >= 15 is 0 Å². The predicted octanol–water partition coefficient (Wildman–Crippen LogP) is 4.08. The summed E-state index contributed by atoms with van der Waals surface area (Å²) in [6.07, 6.45) is 5.73. The predicted molar refractivity (Wildman–Crippen MR) is 72.6 cm³/mol. The van der Waals surface area contributed by atoms with Gasteiger partial charge in [0.15, 0.2) is 0 Å². The zero-order valence-electron chi connectivity index (χ0n) is 12.1. The molecule has 1 atom stereocenters. The Balaban J connectivity index is 2.52. The Morgan fingerprint density at radius 3 is 1.69 bits per heavy atom. The molecule has 1 heteroatoms. The van der Waals surface area contributed by atoms with Gasteiger partial charge in [-0.05, 0) is 55.9 Å². The number of hydrogen-bond donors (Lipinski definition) is 1. The van der Waals surface area contributed by atoms with Gasteiger partial charge in [0.1, 0.15) is 0 Å². The van der Waals surface area contributed by atoms with Gasteiger partial charge in [-0.2, -0.15) is 0 Å². The summed E-state index contributed by atoms with van der Waals surface area (Å²) < 4.78 is 0. The average Bonchev–Trinajstić information content (AvgIpc) is 2.17. The first-order valence-corrected chi connectivity index (χ1v) is 7.03. The van der Waals surface area contributed by atoms with Crippen molar-refractivity contribution in [2.75, 3.05) is 7.05 Å². The van der Waals surface area contributed by atoms with Crippen molar-refractivity contribution in [3.63, 3.8) is 0 Å². The zero-order valence-corrected chi connectivity index (χ0v) is 12.1. The van der Waals surface area contributed by atoms with Crippen LogP contribution >= 0.6 is 0 Å². The largest absolute Gasteiger partial charge is 0.316 e. The maximum Gasteiger partial charge on any atom is 0.0141 e. The summed E-state index contributed by atoms with van der Waals surface area (Å²) in [5.41, 5.74) is 0.393. The minimum atomic E-state index is 0.393. The van der Waals surface area contributed by atoms with Gasteiger partial charge in [-0.15, -0.1) is 0 Å². The van der Waals surface area contributed by atoms with Crippen LogP contribution in [-0.4, -0.2) is 13.1 Å². The molecule has 16 heavy (non-hydrogen) atoms. The molecule has 0 bridgehead atoms. The zero-order chi connectivity index (χ0) is 12.3. The maximum atomic E-state index is 3.56. The van der Waals surface area contributed by atoms with E-state index in [0.29, 0.717) is 11.5 Å². The van der Waals surface area contributed by atoms with Crippen LogP contribution in [0.4, 0.5) is 0 Å². The Labute approximate surface area is 102 Å². The quantitative estimate of drug-likeness (QED) is 0.763. The third kappa shape index (κ3) is 3.48. The Morgan fingerprint density at radius 1 is 0.938 bits per heavy atom. The van der Waals surface area contributed by atoms with Crippen molar-refractivity contribution >= 4 is 0 Å². The van der Waals surface area contributed by atoms with E-state index in [9.17, 15) is 0 Å². The third-order valence-corrected chi connectivity index (χ3v) is 4.47. The lowest BCUT2D eigenvalue weighted by molar-refractivity contribution is 0.131. The summed E-state index contributed by atoms with van der Waals surface area (Å²) in [6.45, 7) is 11.8. The molecule has 0 heterocycles. The average molecular weight is 225 g/mol. The van der Waals surface area contributed by atoms with Crippen molar-refractivity contribution in [1.29, 1.82) is 0 Å². The molecule has 0 spiro atoms. The normalized spacial score (nSPS) is 29.4. The highest BCUT2D eigenvalue weighted by molar-refractivity contribution is 4.88. The molecular weight excluding hydrogens is 194 g/mol. The molecule has 1 nitrogen and oxygen atoms in total. The number of nitrogens with one attached hydrogen (secondary N) is 1. The molecule has 1 N–H and O–H groups in total. The smallest absolute Gasteiger partial charge is 0.0141 e. The van der Waals surface area contributed by atoms with Gasteiger partial charge in [-0.3, -0.25) is 0 Å². The summed E-state index contributed by atoms with van der Waals surface area (Å²) in [5, 5.41) is 3.56. The Morgan fingerprint density at radius 2 is 1.38 bits per heavy atom. The van der Waals surface area contributed by atoms with Crippen LogP contribution in [0, 0.1) is 23.2 Å². The molecule has 0 aromatic carbocycles. The van der Waals surface area contributed by atoms with Crippen LogP contribution in [0.25, 0.3) is 0 Å². The molecule has 0 aromatic rings. The second-order valence-corrected chi connectivity index (χ2v) is 7.05. The van der Waals surface area contributed by atoms with Gasteiger partial charge < -0.3 is 5.32 Å². The minimum absolute atomic E-state index is 0.393. The monoisotopic (exact) mass is 225 g/mol. The van der Waals surface area contributed by atoms with E-state index < -0.39 is 0 Å². The molecule has 0 saturated heterocycles. The lowest BCUT2D eigenvalue weighted by atomic mass is 9.69. The van der Waals surface area contributed by atoms with Crippen LogP contribution in [0.1, 0.15) is 60.3 Å². The lowest BCUT2D eigenvalue weighted by Gasteiger charge is -2.41. The highest BCUT2D eigenvalue weighted by Gasteiger charge is 2.34. The molecule has 1 aliphatic carbocycles. The van der Waals surface area contributed by atoms with Crippen molar-refractivity contribution in [3.8, 4) is 0 Å². The summed E-state index contributed by atoms with van der Waals surface area (Å²) >= 11 is 0. The second-order valence-electron chi connectivity index (χ2n) is 7.05. The van der Waals surface area contributed by atoms with Crippen LogP contribution in [0.5, 0.6) is 0 Å². The van der Waals surface area contributed by atoms with E-state index in [0.717, 1.165) is 17.8 Å². The first kappa shape index (κ1) is 14.0. The van der Waals surface area contributed by atoms with E-state index in [4.69, 9.17) is 0 Å². The second kappa shape index (κ2) is 5.53. The standard InChI is InChI=1S/C15H31N/c1-11(2)12-7-9-13(10-8-12)14(16-6)15(3,4)5/h11-14,16H,7-10H2,1-6H3. The first-order valence-electron chi connectivity index (χ1n) is 7.03. The van der Waals surface area contributed by atoms with Crippen LogP contribution in [0.2, 0.25) is 0 Å². The molecule has 1 unspecified atom stereocenters. The number of hydrogen-bond acceptors (Lipinski definition) is 1. The fourth-order valence-corrected chi connectivity index (χ4v) is 3.52. The highest BCUT2D eigenvalue weighted by Crippen LogP contribution is 2.38. The van der Waals surface area contributed by atoms with Crippen molar-refractivity contribution in [2.24, 2.45) is 23.2 Å². The molecule has 96 valence electrons. The highest BCUT2D eigenvalue weighted by atomic mass is 14.9. The van der Waals surface area contributed by atoms with Gasteiger partial charge in [0.05, 0.1) is 0 Å². The van der Waals surface area contributed by atoms with Gasteiger partial charge in [-0.1, -0.05) is 34.6 Å². The maximum absolute atomic E-state index is 3.56. The van der Waals surface area contributed by atoms with Gasteiger partial charge in [0.2, 0.25) is 0 Å². The summed E-state index contributed by atoms with van der Waals surface area (Å²) in [4.78, 5) is 0. The molecule has 0 radical (unpaired) electrons. The molecule has 1 rings (SSSR count). The van der Waals surface area contributed by atoms with E-state index in [1.807, 2.05) is 0 Å². The van der Waals surface area contributed by atoms with Gasteiger partial charge in [-0.25, -0.2) is 0 Å². The van der Waals surface area contributed by atoms with Crippen LogP contribution < -0.4 is 5.32 Å². The third-order valence-electron chi connectivity index (χ3n) is 4.47. The summed E-state index contributed by atoms with van der Waals surface area (Å²) in [5.74, 6) is 2.75. The Bertz CT molecular complexity index is 194. The Kier molecular flexibility index (Phi) is 4.85. The van der Waals surface area contributed by atoms with Gasteiger partial charge in [0.25, 0.3) is 0 Å². The van der Waals surface area contributed by atoms with Crippen LogP contribution in [-0.2, 0) is 0 Å². The van der Waals surface area contributed by atoms with E-state index in [1.165, 1.54) is 25.7 Å². The number of rotatable bonds is 3. The molecule has 1 aliphatic rings. The SMILES string of the molecule is CNC(C1CCC(C(C)C)CC1)C(C)(C)C. The van der Waals surface area contributed by atoms with Crippen molar-refractivity contribution in [1.82, 2.24) is 5.32 Å². The fraction of sp³-hybridized carbons (Fsp3) is 1.00.